The lowest BCUT2D eigenvalue weighted by molar-refractivity contribution is 0.0524. The lowest BCUT2D eigenvalue weighted by Crippen LogP contribution is -2.08. The zero-order valence-electron chi connectivity index (χ0n) is 13.5. The molecule has 0 unspecified atom stereocenters. The molecule has 1 N–H and O–H groups in total. The molecule has 2 aromatic carbocycles. The number of hydrogen-bond acceptors (Lipinski definition) is 5. The molecular formula is C20H15NO3S. The van der Waals surface area contributed by atoms with Crippen LogP contribution in [0.3, 0.4) is 0 Å². The van der Waals surface area contributed by atoms with Crippen molar-refractivity contribution in [3.63, 3.8) is 0 Å². The summed E-state index contributed by atoms with van der Waals surface area (Å²) in [5.74, 6) is -0.981. The van der Waals surface area contributed by atoms with E-state index in [2.05, 4.69) is 0 Å². The summed E-state index contributed by atoms with van der Waals surface area (Å²) in [4.78, 5) is 13.2. The first-order valence-corrected chi connectivity index (χ1v) is 8.61. The molecule has 0 aliphatic rings. The molecule has 124 valence electrons. The maximum atomic E-state index is 12.4. The van der Waals surface area contributed by atoms with E-state index in [0.717, 1.165) is 10.4 Å². The van der Waals surface area contributed by atoms with Crippen LogP contribution >= 0.6 is 11.3 Å². The van der Waals surface area contributed by atoms with Crippen molar-refractivity contribution in [3.05, 3.63) is 65.0 Å². The summed E-state index contributed by atoms with van der Waals surface area (Å²) < 4.78 is 5.09. The van der Waals surface area contributed by atoms with E-state index in [0.29, 0.717) is 11.1 Å². The number of ether oxygens (including phenoxy) is 1. The summed E-state index contributed by atoms with van der Waals surface area (Å²) in [6, 6.07) is 16.8. The van der Waals surface area contributed by atoms with Crippen molar-refractivity contribution < 1.29 is 14.6 Å². The molecule has 1 heterocycles. The van der Waals surface area contributed by atoms with Gasteiger partial charge in [-0.25, -0.2) is 4.79 Å². The number of esters is 1. The van der Waals surface area contributed by atoms with Crippen molar-refractivity contribution in [2.75, 3.05) is 6.61 Å². The monoisotopic (exact) mass is 349 g/mol. The van der Waals surface area contributed by atoms with Gasteiger partial charge in [-0.2, -0.15) is 5.26 Å². The number of phenolic OH excluding ortho intramolecular Hbond substituents is 1. The van der Waals surface area contributed by atoms with Gasteiger partial charge in [-0.1, -0.05) is 36.4 Å². The molecule has 0 radical (unpaired) electrons. The lowest BCUT2D eigenvalue weighted by atomic mass is 9.92. The topological polar surface area (TPSA) is 70.3 Å². The van der Waals surface area contributed by atoms with Gasteiger partial charge in [0.05, 0.1) is 6.61 Å². The van der Waals surface area contributed by atoms with Crippen molar-refractivity contribution in [2.45, 2.75) is 6.92 Å². The van der Waals surface area contributed by atoms with Gasteiger partial charge in [0.25, 0.3) is 0 Å². The Hall–Kier alpha value is -3.10. The zero-order valence-corrected chi connectivity index (χ0v) is 14.3. The fraction of sp³-hybridized carbons (Fsp3) is 0.100. The molecule has 1 aromatic heterocycles. The highest BCUT2D eigenvalue weighted by Crippen LogP contribution is 2.41. The minimum atomic E-state index is -0.639. The highest BCUT2D eigenvalue weighted by atomic mass is 32.1. The van der Waals surface area contributed by atoms with E-state index in [1.54, 1.807) is 13.0 Å². The molecule has 5 heteroatoms. The van der Waals surface area contributed by atoms with Crippen LogP contribution in [0.15, 0.2) is 53.9 Å². The first-order chi connectivity index (χ1) is 12.2. The Balaban J connectivity index is 2.34. The molecule has 0 saturated heterocycles. The van der Waals surface area contributed by atoms with Crippen LogP contribution in [-0.2, 0) is 4.74 Å². The van der Waals surface area contributed by atoms with Crippen LogP contribution in [0.25, 0.3) is 21.6 Å². The molecule has 0 spiro atoms. The normalized spacial score (nSPS) is 10.2. The average Bonchev–Trinajstić information content (AvgIpc) is 3.16. The zero-order chi connectivity index (χ0) is 17.8. The van der Waals surface area contributed by atoms with Crippen LogP contribution < -0.4 is 0 Å². The van der Waals surface area contributed by atoms with Gasteiger partial charge in [-0.3, -0.25) is 0 Å². The Kier molecular flexibility index (Phi) is 4.82. The van der Waals surface area contributed by atoms with E-state index in [1.165, 1.54) is 11.3 Å². The third kappa shape index (κ3) is 3.12. The largest absolute Gasteiger partial charge is 0.506 e. The second-order valence-electron chi connectivity index (χ2n) is 5.25. The van der Waals surface area contributed by atoms with Gasteiger partial charge in [0.2, 0.25) is 0 Å². The summed E-state index contributed by atoms with van der Waals surface area (Å²) in [5.41, 5.74) is 2.03. The Morgan fingerprint density at radius 2 is 1.96 bits per heavy atom. The minimum absolute atomic E-state index is 0.0283. The predicted molar refractivity (Wildman–Crippen MR) is 97.5 cm³/mol. The Bertz CT molecular complexity index is 941. The van der Waals surface area contributed by atoms with Crippen LogP contribution in [0, 0.1) is 11.3 Å². The molecule has 0 bridgehead atoms. The molecule has 0 aliphatic heterocycles. The molecule has 0 saturated carbocycles. The number of carbonyl (C=O) groups is 1. The van der Waals surface area contributed by atoms with Crippen molar-refractivity contribution in [1.82, 2.24) is 0 Å². The molecule has 25 heavy (non-hydrogen) atoms. The maximum absolute atomic E-state index is 12.4. The summed E-state index contributed by atoms with van der Waals surface area (Å²) in [5, 5.41) is 22.1. The molecule has 0 fully saturated rings. The van der Waals surface area contributed by atoms with Gasteiger partial charge in [-0.15, -0.1) is 11.3 Å². The number of rotatable bonds is 4. The van der Waals surface area contributed by atoms with E-state index in [-0.39, 0.29) is 23.5 Å². The van der Waals surface area contributed by atoms with Crippen molar-refractivity contribution in [2.24, 2.45) is 0 Å². The summed E-state index contributed by atoms with van der Waals surface area (Å²) in [6.45, 7) is 1.88. The third-order valence-electron chi connectivity index (χ3n) is 3.76. The number of phenols is 1. The Labute approximate surface area is 149 Å². The van der Waals surface area contributed by atoms with Crippen molar-refractivity contribution in [3.8, 4) is 33.4 Å². The van der Waals surface area contributed by atoms with Gasteiger partial charge >= 0.3 is 5.97 Å². The Morgan fingerprint density at radius 3 is 2.56 bits per heavy atom. The van der Waals surface area contributed by atoms with Gasteiger partial charge in [0.15, 0.2) is 0 Å². The summed E-state index contributed by atoms with van der Waals surface area (Å²) in [6.07, 6.45) is 0. The highest BCUT2D eigenvalue weighted by Gasteiger charge is 2.25. The molecule has 0 atom stereocenters. The summed E-state index contributed by atoms with van der Waals surface area (Å²) in [7, 11) is 0. The number of benzene rings is 2. The van der Waals surface area contributed by atoms with Gasteiger partial charge < -0.3 is 9.84 Å². The Morgan fingerprint density at radius 1 is 1.20 bits per heavy atom. The molecule has 0 aliphatic carbocycles. The van der Waals surface area contributed by atoms with E-state index >= 15 is 0 Å². The maximum Gasteiger partial charge on any atom is 0.342 e. The van der Waals surface area contributed by atoms with E-state index < -0.39 is 5.97 Å². The number of carbonyl (C=O) groups excluding carboxylic acids is 1. The van der Waals surface area contributed by atoms with Crippen molar-refractivity contribution >= 4 is 17.3 Å². The van der Waals surface area contributed by atoms with Gasteiger partial charge in [-0.05, 0) is 30.0 Å². The number of hydrogen-bond donors (Lipinski definition) is 1. The first-order valence-electron chi connectivity index (χ1n) is 7.73. The SMILES string of the molecule is CCOC(=O)c1c(-c2cccs2)cc(-c2ccccc2)c(C#N)c1O. The average molecular weight is 349 g/mol. The van der Waals surface area contributed by atoms with Gasteiger partial charge in [0, 0.05) is 16.0 Å². The standard InChI is InChI=1S/C20H15NO3S/c1-2-24-20(23)18-15(17-9-6-10-25-17)11-14(16(12-21)19(18)22)13-7-4-3-5-8-13/h3-11,22H,2H2,1H3. The van der Waals surface area contributed by atoms with Crippen molar-refractivity contribution in [1.29, 1.82) is 5.26 Å². The molecular weight excluding hydrogens is 334 g/mol. The first kappa shape index (κ1) is 16.7. The van der Waals surface area contributed by atoms with Crippen LogP contribution in [0.4, 0.5) is 0 Å². The molecule has 0 amide bonds. The van der Waals surface area contributed by atoms with E-state index in [4.69, 9.17) is 4.74 Å². The second kappa shape index (κ2) is 7.20. The fourth-order valence-corrected chi connectivity index (χ4v) is 3.41. The van der Waals surface area contributed by atoms with E-state index in [9.17, 15) is 15.2 Å². The number of thiophene rings is 1. The minimum Gasteiger partial charge on any atom is -0.506 e. The second-order valence-corrected chi connectivity index (χ2v) is 6.19. The van der Waals surface area contributed by atoms with Crippen LogP contribution in [-0.4, -0.2) is 17.7 Å². The highest BCUT2D eigenvalue weighted by molar-refractivity contribution is 7.13. The van der Waals surface area contributed by atoms with Gasteiger partial charge in [0.1, 0.15) is 22.9 Å². The predicted octanol–water partition coefficient (Wildman–Crippen LogP) is 4.84. The van der Waals surface area contributed by atoms with Crippen LogP contribution in [0.5, 0.6) is 5.75 Å². The molecule has 3 aromatic rings. The van der Waals surface area contributed by atoms with Crippen LogP contribution in [0.1, 0.15) is 22.8 Å². The lowest BCUT2D eigenvalue weighted by Gasteiger charge is -2.15. The quantitative estimate of drug-likeness (QED) is 0.685. The number of nitriles is 1. The smallest absolute Gasteiger partial charge is 0.342 e. The summed E-state index contributed by atoms with van der Waals surface area (Å²) >= 11 is 1.45. The third-order valence-corrected chi connectivity index (χ3v) is 4.67. The molecule has 4 nitrogen and oxygen atoms in total. The fourth-order valence-electron chi connectivity index (χ4n) is 2.66. The number of aromatic hydroxyl groups is 1. The van der Waals surface area contributed by atoms with Crippen LogP contribution in [0.2, 0.25) is 0 Å². The number of nitrogens with zero attached hydrogens (tertiary/aromatic N) is 1. The van der Waals surface area contributed by atoms with E-state index in [1.807, 2.05) is 53.9 Å². The molecule has 3 rings (SSSR count).